The Morgan fingerprint density at radius 1 is 1.37 bits per heavy atom. The molecule has 0 aliphatic carbocycles. The maximum atomic E-state index is 12.7. The number of anilines is 1. The molecular weight excluding hydrogens is 414 g/mol. The first-order valence-electron chi connectivity index (χ1n) is 8.71. The lowest BCUT2D eigenvalue weighted by Crippen LogP contribution is -2.61. The van der Waals surface area contributed by atoms with Gasteiger partial charge in [0.2, 0.25) is 5.88 Å². The summed E-state index contributed by atoms with van der Waals surface area (Å²) in [7, 11) is 1.55. The van der Waals surface area contributed by atoms with E-state index in [9.17, 15) is 4.79 Å². The van der Waals surface area contributed by atoms with Crippen LogP contribution in [0.2, 0.25) is 0 Å². The second kappa shape index (κ2) is 7.77. The number of fused-ring (bicyclic) bond motifs is 1. The van der Waals surface area contributed by atoms with Gasteiger partial charge in [0.05, 0.1) is 35.5 Å². The summed E-state index contributed by atoms with van der Waals surface area (Å²) < 4.78 is 11.3. The largest absolute Gasteiger partial charge is 0.481 e. The van der Waals surface area contributed by atoms with Crippen molar-refractivity contribution in [2.45, 2.75) is 38.3 Å². The lowest BCUT2D eigenvalue weighted by molar-refractivity contribution is 0.146. The third-order valence-electron chi connectivity index (χ3n) is 4.67. The van der Waals surface area contributed by atoms with Crippen LogP contribution in [0.25, 0.3) is 0 Å². The summed E-state index contributed by atoms with van der Waals surface area (Å²) in [5, 5.41) is 0. The molecule has 3 rings (SSSR count). The van der Waals surface area contributed by atoms with E-state index in [2.05, 4.69) is 30.9 Å². The number of methoxy groups -OCH3 is 1. The SMILES string of the molecule is CCOC(=O)N1c2ccc(OC)nc2[C@@H](c2ncc(Br)cn2)C[C@@]1(N)CC. The Morgan fingerprint density at radius 3 is 2.67 bits per heavy atom. The fourth-order valence-electron chi connectivity index (χ4n) is 3.28. The molecule has 1 aliphatic heterocycles. The summed E-state index contributed by atoms with van der Waals surface area (Å²) >= 11 is 3.35. The number of aromatic nitrogens is 3. The van der Waals surface area contributed by atoms with Crippen molar-refractivity contribution < 1.29 is 14.3 Å². The maximum absolute atomic E-state index is 12.7. The van der Waals surface area contributed by atoms with Gasteiger partial charge in [-0.2, -0.15) is 0 Å². The van der Waals surface area contributed by atoms with Gasteiger partial charge in [-0.15, -0.1) is 0 Å². The highest BCUT2D eigenvalue weighted by atomic mass is 79.9. The highest BCUT2D eigenvalue weighted by Gasteiger charge is 2.47. The fourth-order valence-corrected chi connectivity index (χ4v) is 3.48. The van der Waals surface area contributed by atoms with Crippen LogP contribution in [0.3, 0.4) is 0 Å². The molecule has 0 radical (unpaired) electrons. The van der Waals surface area contributed by atoms with Crippen LogP contribution >= 0.6 is 15.9 Å². The molecule has 0 aromatic carbocycles. The van der Waals surface area contributed by atoms with Gasteiger partial charge in [0.1, 0.15) is 11.5 Å². The van der Waals surface area contributed by atoms with E-state index in [-0.39, 0.29) is 12.5 Å². The number of hydrogen-bond acceptors (Lipinski definition) is 7. The minimum absolute atomic E-state index is 0.257. The Kier molecular flexibility index (Phi) is 5.61. The minimum atomic E-state index is -0.948. The molecule has 2 atom stereocenters. The number of hydrogen-bond donors (Lipinski definition) is 1. The summed E-state index contributed by atoms with van der Waals surface area (Å²) in [6.07, 6.45) is 3.82. The Labute approximate surface area is 166 Å². The third-order valence-corrected chi connectivity index (χ3v) is 5.08. The van der Waals surface area contributed by atoms with Gasteiger partial charge in [0.15, 0.2) is 0 Å². The van der Waals surface area contributed by atoms with E-state index in [0.29, 0.717) is 35.9 Å². The van der Waals surface area contributed by atoms with Crippen LogP contribution < -0.4 is 15.4 Å². The normalized spacial score (nSPS) is 21.5. The zero-order valence-electron chi connectivity index (χ0n) is 15.5. The molecule has 0 unspecified atom stereocenters. The molecule has 27 heavy (non-hydrogen) atoms. The third kappa shape index (κ3) is 3.61. The highest BCUT2D eigenvalue weighted by Crippen LogP contribution is 2.45. The first kappa shape index (κ1) is 19.5. The van der Waals surface area contributed by atoms with Gasteiger partial charge in [0, 0.05) is 18.5 Å². The van der Waals surface area contributed by atoms with Gasteiger partial charge < -0.3 is 15.2 Å². The number of carbonyl (C=O) groups is 1. The van der Waals surface area contributed by atoms with Gasteiger partial charge >= 0.3 is 6.09 Å². The van der Waals surface area contributed by atoms with E-state index in [1.807, 2.05) is 6.92 Å². The molecule has 0 bridgehead atoms. The summed E-state index contributed by atoms with van der Waals surface area (Å²) in [4.78, 5) is 27.7. The number of ether oxygens (including phenoxy) is 2. The monoisotopic (exact) mass is 435 g/mol. The van der Waals surface area contributed by atoms with Crippen LogP contribution in [0.5, 0.6) is 5.88 Å². The van der Waals surface area contributed by atoms with Crippen molar-refractivity contribution in [1.82, 2.24) is 15.0 Å². The van der Waals surface area contributed by atoms with Crippen molar-refractivity contribution >= 4 is 27.7 Å². The molecule has 2 N–H and O–H groups in total. The molecule has 1 amide bonds. The van der Waals surface area contributed by atoms with E-state index in [0.717, 1.165) is 4.47 Å². The molecule has 9 heteroatoms. The number of amides is 1. The number of halogens is 1. The summed E-state index contributed by atoms with van der Waals surface area (Å²) in [5.74, 6) is 0.756. The number of nitrogens with zero attached hydrogens (tertiary/aromatic N) is 4. The topological polar surface area (TPSA) is 103 Å². The molecule has 8 nitrogen and oxygen atoms in total. The van der Waals surface area contributed by atoms with Crippen molar-refractivity contribution in [3.8, 4) is 5.88 Å². The van der Waals surface area contributed by atoms with Crippen LogP contribution in [0, 0.1) is 0 Å². The molecule has 2 aromatic rings. The zero-order chi connectivity index (χ0) is 19.6. The molecule has 3 heterocycles. The summed E-state index contributed by atoms with van der Waals surface area (Å²) in [6, 6.07) is 3.48. The highest BCUT2D eigenvalue weighted by molar-refractivity contribution is 9.10. The Hall–Kier alpha value is -2.26. The Balaban J connectivity index is 2.18. The van der Waals surface area contributed by atoms with Crippen LogP contribution in [-0.4, -0.2) is 40.4 Å². The number of rotatable bonds is 4. The van der Waals surface area contributed by atoms with Gasteiger partial charge in [-0.25, -0.2) is 19.7 Å². The summed E-state index contributed by atoms with van der Waals surface area (Å²) in [6.45, 7) is 3.96. The number of carbonyl (C=O) groups excluding carboxylic acids is 1. The Morgan fingerprint density at radius 2 is 2.07 bits per heavy atom. The lowest BCUT2D eigenvalue weighted by atomic mass is 9.83. The predicted octanol–water partition coefficient (Wildman–Crippen LogP) is 3.21. The van der Waals surface area contributed by atoms with Gasteiger partial charge in [-0.3, -0.25) is 4.90 Å². The second-order valence-corrected chi connectivity index (χ2v) is 7.18. The first-order chi connectivity index (χ1) is 12.9. The molecule has 0 saturated heterocycles. The van der Waals surface area contributed by atoms with Crippen molar-refractivity contribution in [2.75, 3.05) is 18.6 Å². The zero-order valence-corrected chi connectivity index (χ0v) is 17.1. The summed E-state index contributed by atoms with van der Waals surface area (Å²) in [5.41, 5.74) is 6.95. The number of nitrogens with two attached hydrogens (primary N) is 1. The van der Waals surface area contributed by atoms with Crippen LogP contribution in [0.15, 0.2) is 29.0 Å². The lowest BCUT2D eigenvalue weighted by Gasteiger charge is -2.46. The van der Waals surface area contributed by atoms with E-state index < -0.39 is 11.8 Å². The van der Waals surface area contributed by atoms with Gasteiger partial charge in [-0.1, -0.05) is 6.92 Å². The van der Waals surface area contributed by atoms with Crippen LogP contribution in [-0.2, 0) is 4.74 Å². The van der Waals surface area contributed by atoms with Crippen molar-refractivity contribution in [2.24, 2.45) is 5.73 Å². The van der Waals surface area contributed by atoms with E-state index in [4.69, 9.17) is 15.2 Å². The smallest absolute Gasteiger partial charge is 0.415 e. The first-order valence-corrected chi connectivity index (χ1v) is 9.51. The molecule has 0 saturated carbocycles. The van der Waals surface area contributed by atoms with Gasteiger partial charge in [-0.05, 0) is 41.8 Å². The molecule has 2 aromatic heterocycles. The molecule has 1 aliphatic rings. The van der Waals surface area contributed by atoms with E-state index in [1.165, 1.54) is 4.90 Å². The number of pyridine rings is 1. The molecule has 144 valence electrons. The van der Waals surface area contributed by atoms with Crippen LogP contribution in [0.4, 0.5) is 10.5 Å². The van der Waals surface area contributed by atoms with E-state index >= 15 is 0 Å². The fraction of sp³-hybridized carbons (Fsp3) is 0.444. The average Bonchev–Trinajstić information content (AvgIpc) is 2.67. The maximum Gasteiger partial charge on any atom is 0.415 e. The van der Waals surface area contributed by atoms with Crippen molar-refractivity contribution in [1.29, 1.82) is 0 Å². The minimum Gasteiger partial charge on any atom is -0.481 e. The van der Waals surface area contributed by atoms with Gasteiger partial charge in [0.25, 0.3) is 0 Å². The quantitative estimate of drug-likeness (QED) is 0.785. The second-order valence-electron chi connectivity index (χ2n) is 6.27. The Bertz CT molecular complexity index is 832. The molecular formula is C18H22BrN5O3. The van der Waals surface area contributed by atoms with Crippen molar-refractivity contribution in [3.05, 3.63) is 40.5 Å². The van der Waals surface area contributed by atoms with E-state index in [1.54, 1.807) is 38.6 Å². The van der Waals surface area contributed by atoms with Crippen molar-refractivity contribution in [3.63, 3.8) is 0 Å². The standard InChI is InChI=1S/C18H22BrN5O3/c1-4-18(20)8-12(16-21-9-11(19)10-22-16)15-13(6-7-14(23-15)26-3)24(18)17(25)27-5-2/h6-7,9-10,12H,4-5,8,20H2,1-3H3/t12-,18+/m0/s1. The molecule has 0 spiro atoms. The average molecular weight is 436 g/mol. The predicted molar refractivity (Wildman–Crippen MR) is 104 cm³/mol. The van der Waals surface area contributed by atoms with Crippen LogP contribution in [0.1, 0.15) is 44.1 Å². The molecule has 0 fully saturated rings.